The molecule has 68 valence electrons. The fraction of sp³-hybridized carbons (Fsp3) is 0.571. The highest BCUT2D eigenvalue weighted by Crippen LogP contribution is 2.34. The van der Waals surface area contributed by atoms with E-state index < -0.39 is 30.3 Å². The summed E-state index contributed by atoms with van der Waals surface area (Å²) in [6.07, 6.45) is -0.772. The summed E-state index contributed by atoms with van der Waals surface area (Å²) < 4.78 is 25.0. The summed E-state index contributed by atoms with van der Waals surface area (Å²) >= 11 is 0. The number of carboxylic acid groups (broad SMARTS) is 1. The van der Waals surface area contributed by atoms with Crippen LogP contribution in [0.15, 0.2) is 12.2 Å². The van der Waals surface area contributed by atoms with Crippen LogP contribution >= 0.6 is 0 Å². The van der Waals surface area contributed by atoms with E-state index in [2.05, 4.69) is 0 Å². The van der Waals surface area contributed by atoms with Gasteiger partial charge in [-0.3, -0.25) is 4.79 Å². The topological polar surface area (TPSA) is 57.5 Å². The molecule has 5 heteroatoms. The van der Waals surface area contributed by atoms with Crippen molar-refractivity contribution in [1.82, 2.24) is 0 Å². The second-order valence-electron chi connectivity index (χ2n) is 2.74. The maximum atomic E-state index is 12.5. The van der Waals surface area contributed by atoms with Crippen LogP contribution < -0.4 is 0 Å². The van der Waals surface area contributed by atoms with Crippen LogP contribution in [0.5, 0.6) is 0 Å². The molecular formula is C7H8F2O3. The van der Waals surface area contributed by atoms with Gasteiger partial charge in [0.1, 0.15) is 6.10 Å². The molecule has 0 bridgehead atoms. The summed E-state index contributed by atoms with van der Waals surface area (Å²) in [5, 5.41) is 17.2. The molecule has 0 fully saturated rings. The zero-order chi connectivity index (χ0) is 9.35. The second kappa shape index (κ2) is 2.82. The van der Waals surface area contributed by atoms with Crippen LogP contribution in [0.4, 0.5) is 8.78 Å². The molecule has 12 heavy (non-hydrogen) atoms. The molecule has 2 atom stereocenters. The molecule has 0 aliphatic heterocycles. The van der Waals surface area contributed by atoms with Crippen molar-refractivity contribution in [2.75, 3.05) is 0 Å². The molecule has 0 saturated heterocycles. The Labute approximate surface area is 67.3 Å². The third kappa shape index (κ3) is 1.61. The molecule has 1 aliphatic carbocycles. The lowest BCUT2D eigenvalue weighted by Gasteiger charge is -2.17. The summed E-state index contributed by atoms with van der Waals surface area (Å²) in [6.45, 7) is 0. The van der Waals surface area contributed by atoms with Crippen molar-refractivity contribution in [3.8, 4) is 0 Å². The Morgan fingerprint density at radius 2 is 2.17 bits per heavy atom. The van der Waals surface area contributed by atoms with E-state index >= 15 is 0 Å². The summed E-state index contributed by atoms with van der Waals surface area (Å²) in [4.78, 5) is 10.1. The third-order valence-electron chi connectivity index (χ3n) is 1.78. The quantitative estimate of drug-likeness (QED) is 0.610. The first-order valence-electron chi connectivity index (χ1n) is 3.40. The highest BCUT2D eigenvalue weighted by Gasteiger charge is 2.45. The van der Waals surface area contributed by atoms with Gasteiger partial charge in [0.2, 0.25) is 0 Å². The van der Waals surface area contributed by atoms with Gasteiger partial charge in [-0.15, -0.1) is 0 Å². The summed E-state index contributed by atoms with van der Waals surface area (Å²) in [5.41, 5.74) is 0. The minimum absolute atomic E-state index is 0.465. The molecule has 0 heterocycles. The van der Waals surface area contributed by atoms with E-state index in [1.54, 1.807) is 0 Å². The molecule has 1 aliphatic rings. The van der Waals surface area contributed by atoms with Gasteiger partial charge in [-0.05, 0) is 6.08 Å². The lowest BCUT2D eigenvalue weighted by atomic mass is 10.0. The van der Waals surface area contributed by atoms with Gasteiger partial charge in [-0.25, -0.2) is 0 Å². The number of aliphatic carboxylic acids is 1. The fourth-order valence-corrected chi connectivity index (χ4v) is 1.12. The molecule has 2 N–H and O–H groups in total. The number of carboxylic acids is 1. The normalized spacial score (nSPS) is 32.2. The van der Waals surface area contributed by atoms with Gasteiger partial charge in [0.05, 0.1) is 6.42 Å². The third-order valence-corrected chi connectivity index (χ3v) is 1.78. The monoisotopic (exact) mass is 178 g/mol. The number of alkyl halides is 2. The largest absolute Gasteiger partial charge is 0.481 e. The summed E-state index contributed by atoms with van der Waals surface area (Å²) in [5.74, 6) is -5.45. The predicted molar refractivity (Wildman–Crippen MR) is 35.8 cm³/mol. The fourth-order valence-electron chi connectivity index (χ4n) is 1.12. The summed E-state index contributed by atoms with van der Waals surface area (Å²) in [6, 6.07) is 0. The van der Waals surface area contributed by atoms with Gasteiger partial charge in [-0.2, -0.15) is 8.78 Å². The minimum Gasteiger partial charge on any atom is -0.481 e. The van der Waals surface area contributed by atoms with Gasteiger partial charge in [-0.1, -0.05) is 6.08 Å². The number of halogens is 2. The molecule has 0 radical (unpaired) electrons. The maximum Gasteiger partial charge on any atom is 0.304 e. The van der Waals surface area contributed by atoms with Crippen LogP contribution in [-0.2, 0) is 4.79 Å². The molecule has 0 unspecified atom stereocenters. The summed E-state index contributed by atoms with van der Waals surface area (Å²) in [7, 11) is 0. The van der Waals surface area contributed by atoms with Crippen LogP contribution in [0, 0.1) is 5.92 Å². The lowest BCUT2D eigenvalue weighted by Crippen LogP contribution is -2.33. The van der Waals surface area contributed by atoms with Gasteiger partial charge in [0, 0.05) is 5.92 Å². The second-order valence-corrected chi connectivity index (χ2v) is 2.74. The number of hydrogen-bond donors (Lipinski definition) is 2. The standard InChI is InChI=1S/C7H8F2O3/c8-7(9)2-1-4(6(7)12)3-5(10)11/h1-2,4,6,12H,3H2,(H,10,11)/t4-,6+/m1/s1. The van der Waals surface area contributed by atoms with Crippen molar-refractivity contribution in [2.24, 2.45) is 5.92 Å². The van der Waals surface area contributed by atoms with E-state index in [1.165, 1.54) is 0 Å². The zero-order valence-electron chi connectivity index (χ0n) is 6.08. The zero-order valence-corrected chi connectivity index (χ0v) is 6.08. The van der Waals surface area contributed by atoms with Crippen LogP contribution in [-0.4, -0.2) is 28.2 Å². The number of aliphatic hydroxyl groups excluding tert-OH is 1. The highest BCUT2D eigenvalue weighted by atomic mass is 19.3. The van der Waals surface area contributed by atoms with Crippen molar-refractivity contribution < 1.29 is 23.8 Å². The van der Waals surface area contributed by atoms with Crippen molar-refractivity contribution in [2.45, 2.75) is 18.4 Å². The Morgan fingerprint density at radius 3 is 2.50 bits per heavy atom. The molecule has 1 rings (SSSR count). The first-order valence-corrected chi connectivity index (χ1v) is 3.40. The van der Waals surface area contributed by atoms with E-state index in [0.29, 0.717) is 6.08 Å². The van der Waals surface area contributed by atoms with Crippen LogP contribution in [0.1, 0.15) is 6.42 Å². The molecule has 0 spiro atoms. The first-order chi connectivity index (χ1) is 5.43. The van der Waals surface area contributed by atoms with Crippen LogP contribution in [0.2, 0.25) is 0 Å². The SMILES string of the molecule is O=C(O)C[C@H]1C=CC(F)(F)[C@H]1O. The molecular weight excluding hydrogens is 170 g/mol. The van der Waals surface area contributed by atoms with Gasteiger partial charge in [0.25, 0.3) is 5.92 Å². The van der Waals surface area contributed by atoms with Gasteiger partial charge in [0.15, 0.2) is 0 Å². The van der Waals surface area contributed by atoms with Crippen molar-refractivity contribution in [3.63, 3.8) is 0 Å². The maximum absolute atomic E-state index is 12.5. The molecule has 0 amide bonds. The number of hydrogen-bond acceptors (Lipinski definition) is 2. The predicted octanol–water partition coefficient (Wildman–Crippen LogP) is 0.643. The average Bonchev–Trinajstić information content (AvgIpc) is 2.15. The van der Waals surface area contributed by atoms with Gasteiger partial charge >= 0.3 is 5.97 Å². The Kier molecular flexibility index (Phi) is 2.14. The number of aliphatic hydroxyl groups is 1. The highest BCUT2D eigenvalue weighted by molar-refractivity contribution is 5.67. The number of carbonyl (C=O) groups is 1. The van der Waals surface area contributed by atoms with Gasteiger partial charge < -0.3 is 10.2 Å². The molecule has 0 aromatic heterocycles. The van der Waals surface area contributed by atoms with Crippen molar-refractivity contribution >= 4 is 5.97 Å². The lowest BCUT2D eigenvalue weighted by molar-refractivity contribution is -0.140. The molecule has 3 nitrogen and oxygen atoms in total. The first kappa shape index (κ1) is 9.12. The molecule has 0 saturated carbocycles. The van der Waals surface area contributed by atoms with E-state index in [0.717, 1.165) is 6.08 Å². The van der Waals surface area contributed by atoms with Crippen molar-refractivity contribution in [1.29, 1.82) is 0 Å². The van der Waals surface area contributed by atoms with Crippen molar-refractivity contribution in [3.05, 3.63) is 12.2 Å². The Bertz CT molecular complexity index is 225. The minimum atomic E-state index is -3.28. The average molecular weight is 178 g/mol. The number of rotatable bonds is 2. The van der Waals surface area contributed by atoms with E-state index in [1.807, 2.05) is 0 Å². The smallest absolute Gasteiger partial charge is 0.304 e. The van der Waals surface area contributed by atoms with E-state index in [-0.39, 0.29) is 0 Å². The molecule has 0 aromatic rings. The van der Waals surface area contributed by atoms with Crippen LogP contribution in [0.3, 0.4) is 0 Å². The van der Waals surface area contributed by atoms with E-state index in [9.17, 15) is 13.6 Å². The van der Waals surface area contributed by atoms with Crippen LogP contribution in [0.25, 0.3) is 0 Å². The molecule has 0 aromatic carbocycles. The Hall–Kier alpha value is -0.970. The van der Waals surface area contributed by atoms with E-state index in [4.69, 9.17) is 10.2 Å². The Balaban J connectivity index is 2.62. The Morgan fingerprint density at radius 1 is 1.58 bits per heavy atom.